The van der Waals surface area contributed by atoms with Crippen LogP contribution in [0.4, 0.5) is 5.82 Å². The molecular formula is C15H24N4O2. The molecule has 2 heterocycles. The Bertz CT molecular complexity index is 476. The molecule has 2 N–H and O–H groups in total. The van der Waals surface area contributed by atoms with Crippen LogP contribution in [0.15, 0.2) is 6.07 Å². The summed E-state index contributed by atoms with van der Waals surface area (Å²) in [6.07, 6.45) is 4.50. The molecule has 1 aromatic heterocycles. The van der Waals surface area contributed by atoms with Gasteiger partial charge in [0.2, 0.25) is 5.91 Å². The Morgan fingerprint density at radius 2 is 2.19 bits per heavy atom. The van der Waals surface area contributed by atoms with Crippen LogP contribution in [0.3, 0.4) is 0 Å². The molecule has 0 bridgehead atoms. The third-order valence-electron chi connectivity index (χ3n) is 4.22. The van der Waals surface area contributed by atoms with Crippen molar-refractivity contribution in [2.24, 2.45) is 0 Å². The second-order valence-electron chi connectivity index (χ2n) is 5.92. The van der Waals surface area contributed by atoms with Crippen molar-refractivity contribution < 1.29 is 9.53 Å². The Labute approximate surface area is 125 Å². The standard InChI is InChI=1S/C15H24N4O2/c1-2-21-10-15(20)16-12-5-7-19(8-6-12)14-9-13(17-18-14)11-3-4-11/h9,11-12H,2-8,10H2,1H3,(H,16,20)(H,17,18). The lowest BCUT2D eigenvalue weighted by Gasteiger charge is -2.32. The average Bonchev–Trinajstić information content (AvgIpc) is 3.24. The molecular weight excluding hydrogens is 268 g/mol. The smallest absolute Gasteiger partial charge is 0.246 e. The summed E-state index contributed by atoms with van der Waals surface area (Å²) < 4.78 is 5.12. The molecule has 116 valence electrons. The summed E-state index contributed by atoms with van der Waals surface area (Å²) in [7, 11) is 0. The average molecular weight is 292 g/mol. The van der Waals surface area contributed by atoms with Crippen molar-refractivity contribution in [1.82, 2.24) is 15.5 Å². The normalized spacial score (nSPS) is 19.8. The number of aromatic amines is 1. The maximum Gasteiger partial charge on any atom is 0.246 e. The third-order valence-corrected chi connectivity index (χ3v) is 4.22. The fourth-order valence-electron chi connectivity index (χ4n) is 2.81. The van der Waals surface area contributed by atoms with Crippen LogP contribution in [0, 0.1) is 0 Å². The highest BCUT2D eigenvalue weighted by Crippen LogP contribution is 2.40. The van der Waals surface area contributed by atoms with Crippen LogP contribution in [0.5, 0.6) is 0 Å². The molecule has 1 saturated carbocycles. The third kappa shape index (κ3) is 3.75. The molecule has 1 aliphatic heterocycles. The maximum absolute atomic E-state index is 11.6. The molecule has 0 radical (unpaired) electrons. The minimum Gasteiger partial charge on any atom is -0.372 e. The quantitative estimate of drug-likeness (QED) is 0.831. The Kier molecular flexibility index (Phi) is 4.43. The van der Waals surface area contributed by atoms with E-state index in [9.17, 15) is 4.79 Å². The van der Waals surface area contributed by atoms with Crippen molar-refractivity contribution in [2.45, 2.75) is 44.6 Å². The highest BCUT2D eigenvalue weighted by atomic mass is 16.5. The molecule has 2 aliphatic rings. The van der Waals surface area contributed by atoms with Gasteiger partial charge in [0, 0.05) is 43.4 Å². The number of rotatable bonds is 6. The van der Waals surface area contributed by atoms with Gasteiger partial charge in [-0.15, -0.1) is 0 Å². The Hall–Kier alpha value is -1.56. The predicted octanol–water partition coefficient (Wildman–Crippen LogP) is 1.41. The molecule has 0 aromatic carbocycles. The van der Waals surface area contributed by atoms with Gasteiger partial charge in [0.15, 0.2) is 5.82 Å². The molecule has 0 unspecified atom stereocenters. The van der Waals surface area contributed by atoms with Crippen LogP contribution in [-0.2, 0) is 9.53 Å². The van der Waals surface area contributed by atoms with Gasteiger partial charge in [-0.05, 0) is 32.6 Å². The van der Waals surface area contributed by atoms with Crippen molar-refractivity contribution in [1.29, 1.82) is 0 Å². The Morgan fingerprint density at radius 3 is 2.86 bits per heavy atom. The van der Waals surface area contributed by atoms with Gasteiger partial charge in [-0.3, -0.25) is 9.89 Å². The van der Waals surface area contributed by atoms with Crippen molar-refractivity contribution in [2.75, 3.05) is 31.2 Å². The first kappa shape index (κ1) is 14.4. The van der Waals surface area contributed by atoms with E-state index in [0.717, 1.165) is 31.7 Å². The van der Waals surface area contributed by atoms with E-state index in [0.29, 0.717) is 12.5 Å². The van der Waals surface area contributed by atoms with Crippen LogP contribution in [-0.4, -0.2) is 48.4 Å². The summed E-state index contributed by atoms with van der Waals surface area (Å²) in [5, 5.41) is 10.6. The summed E-state index contributed by atoms with van der Waals surface area (Å²) in [6, 6.07) is 2.45. The van der Waals surface area contributed by atoms with E-state index in [2.05, 4.69) is 26.5 Å². The van der Waals surface area contributed by atoms with Gasteiger partial charge >= 0.3 is 0 Å². The number of hydrogen-bond acceptors (Lipinski definition) is 4. The lowest BCUT2D eigenvalue weighted by Crippen LogP contribution is -2.45. The van der Waals surface area contributed by atoms with Crippen molar-refractivity contribution in [3.8, 4) is 0 Å². The number of anilines is 1. The molecule has 1 amide bonds. The molecule has 1 aliphatic carbocycles. The van der Waals surface area contributed by atoms with Crippen LogP contribution >= 0.6 is 0 Å². The zero-order chi connectivity index (χ0) is 14.7. The van der Waals surface area contributed by atoms with Gasteiger partial charge in [-0.2, -0.15) is 5.10 Å². The summed E-state index contributed by atoms with van der Waals surface area (Å²) >= 11 is 0. The second-order valence-corrected chi connectivity index (χ2v) is 5.92. The number of nitrogens with one attached hydrogen (secondary N) is 2. The molecule has 6 heteroatoms. The van der Waals surface area contributed by atoms with Gasteiger partial charge in [0.05, 0.1) is 0 Å². The van der Waals surface area contributed by atoms with Gasteiger partial charge in [0.25, 0.3) is 0 Å². The largest absolute Gasteiger partial charge is 0.372 e. The molecule has 0 atom stereocenters. The number of aromatic nitrogens is 2. The van der Waals surface area contributed by atoms with Gasteiger partial charge in [-0.25, -0.2) is 0 Å². The van der Waals surface area contributed by atoms with E-state index in [1.165, 1.54) is 18.5 Å². The lowest BCUT2D eigenvalue weighted by atomic mass is 10.1. The lowest BCUT2D eigenvalue weighted by molar-refractivity contribution is -0.126. The van der Waals surface area contributed by atoms with Gasteiger partial charge in [-0.1, -0.05) is 0 Å². The number of nitrogens with zero attached hydrogens (tertiary/aromatic N) is 2. The fourth-order valence-corrected chi connectivity index (χ4v) is 2.81. The van der Waals surface area contributed by atoms with Gasteiger partial charge < -0.3 is 15.0 Å². The first-order valence-electron chi connectivity index (χ1n) is 7.93. The van der Waals surface area contributed by atoms with Crippen molar-refractivity contribution in [3.05, 3.63) is 11.8 Å². The topological polar surface area (TPSA) is 70.2 Å². The zero-order valence-electron chi connectivity index (χ0n) is 12.6. The summed E-state index contributed by atoms with van der Waals surface area (Å²) in [5.41, 5.74) is 1.28. The summed E-state index contributed by atoms with van der Waals surface area (Å²) in [5.74, 6) is 1.75. The number of hydrogen-bond donors (Lipinski definition) is 2. The fraction of sp³-hybridized carbons (Fsp3) is 0.733. The highest BCUT2D eigenvalue weighted by Gasteiger charge is 2.27. The van der Waals surface area contributed by atoms with E-state index in [-0.39, 0.29) is 18.6 Å². The van der Waals surface area contributed by atoms with E-state index in [1.54, 1.807) is 0 Å². The minimum absolute atomic E-state index is 0.00825. The molecule has 1 saturated heterocycles. The van der Waals surface area contributed by atoms with E-state index in [4.69, 9.17) is 4.74 Å². The van der Waals surface area contributed by atoms with Crippen LogP contribution < -0.4 is 10.2 Å². The SMILES string of the molecule is CCOCC(=O)NC1CCN(c2cc(C3CC3)[nH]n2)CC1. The number of ether oxygens (including phenoxy) is 1. The number of H-pyrrole nitrogens is 1. The van der Waals surface area contributed by atoms with Crippen LogP contribution in [0.1, 0.15) is 44.2 Å². The van der Waals surface area contributed by atoms with E-state index in [1.807, 2.05) is 6.92 Å². The number of carbonyl (C=O) groups excluding carboxylic acids is 1. The van der Waals surface area contributed by atoms with E-state index >= 15 is 0 Å². The number of amides is 1. The monoisotopic (exact) mass is 292 g/mol. The minimum atomic E-state index is -0.00825. The molecule has 2 fully saturated rings. The Balaban J connectivity index is 1.44. The molecule has 21 heavy (non-hydrogen) atoms. The number of piperidine rings is 1. The van der Waals surface area contributed by atoms with Crippen molar-refractivity contribution in [3.63, 3.8) is 0 Å². The second kappa shape index (κ2) is 6.47. The van der Waals surface area contributed by atoms with Gasteiger partial charge in [0.1, 0.15) is 6.61 Å². The van der Waals surface area contributed by atoms with Crippen molar-refractivity contribution >= 4 is 11.7 Å². The van der Waals surface area contributed by atoms with E-state index < -0.39 is 0 Å². The summed E-state index contributed by atoms with van der Waals surface area (Å²) in [4.78, 5) is 13.9. The summed E-state index contributed by atoms with van der Waals surface area (Å²) in [6.45, 7) is 4.52. The first-order valence-corrected chi connectivity index (χ1v) is 7.93. The zero-order valence-corrected chi connectivity index (χ0v) is 12.6. The molecule has 6 nitrogen and oxygen atoms in total. The number of carbonyl (C=O) groups is 1. The molecule has 1 aromatic rings. The predicted molar refractivity (Wildman–Crippen MR) is 80.4 cm³/mol. The highest BCUT2D eigenvalue weighted by molar-refractivity contribution is 5.77. The molecule has 0 spiro atoms. The maximum atomic E-state index is 11.6. The Morgan fingerprint density at radius 1 is 1.43 bits per heavy atom. The van der Waals surface area contributed by atoms with Crippen LogP contribution in [0.2, 0.25) is 0 Å². The van der Waals surface area contributed by atoms with Crippen LogP contribution in [0.25, 0.3) is 0 Å². The first-order chi connectivity index (χ1) is 10.3. The molecule has 3 rings (SSSR count).